The molecule has 3 saturated heterocycles. The van der Waals surface area contributed by atoms with Crippen LogP contribution in [0.5, 0.6) is 5.75 Å². The number of hydrogen-bond acceptors (Lipinski definition) is 3. The molecule has 0 saturated carbocycles. The summed E-state index contributed by atoms with van der Waals surface area (Å²) < 4.78 is 5.55. The number of fused-ring (bicyclic) bond motifs is 4. The number of para-hydroxylation sites is 1. The Hall–Kier alpha value is -2.07. The fraction of sp³-hybridized carbons (Fsp3) is 0.450. The number of aldehydes is 1. The third-order valence-electron chi connectivity index (χ3n) is 6.48. The Kier molecular flexibility index (Phi) is 2.95. The van der Waals surface area contributed by atoms with E-state index in [1.54, 1.807) is 7.11 Å². The highest BCUT2D eigenvalue weighted by atomic mass is 16.5. The second-order valence-corrected chi connectivity index (χ2v) is 7.28. The van der Waals surface area contributed by atoms with Crippen molar-refractivity contribution in [3.8, 4) is 5.75 Å². The van der Waals surface area contributed by atoms with Crippen LogP contribution in [0.3, 0.4) is 0 Å². The van der Waals surface area contributed by atoms with Crippen LogP contribution in [0, 0.1) is 11.8 Å². The van der Waals surface area contributed by atoms with Crippen molar-refractivity contribution in [1.29, 1.82) is 0 Å². The van der Waals surface area contributed by atoms with Crippen molar-refractivity contribution in [3.63, 3.8) is 0 Å². The van der Waals surface area contributed by atoms with Crippen LogP contribution in [-0.2, 0) is 11.2 Å². The van der Waals surface area contributed by atoms with E-state index in [9.17, 15) is 4.79 Å². The summed E-state index contributed by atoms with van der Waals surface area (Å²) in [6.45, 7) is 3.11. The Morgan fingerprint density at radius 3 is 3.00 bits per heavy atom. The zero-order valence-corrected chi connectivity index (χ0v) is 14.1. The molecule has 4 aliphatic heterocycles. The molecule has 5 atom stereocenters. The Bertz CT molecular complexity index is 866. The first-order valence-electron chi connectivity index (χ1n) is 8.80. The molecule has 4 aliphatic rings. The topological polar surface area (TPSA) is 45.3 Å². The van der Waals surface area contributed by atoms with E-state index >= 15 is 0 Å². The molecule has 0 amide bonds. The van der Waals surface area contributed by atoms with Crippen molar-refractivity contribution in [1.82, 2.24) is 9.88 Å². The van der Waals surface area contributed by atoms with Gasteiger partial charge in [0, 0.05) is 29.6 Å². The van der Waals surface area contributed by atoms with Gasteiger partial charge in [0.05, 0.1) is 18.7 Å². The summed E-state index contributed by atoms with van der Waals surface area (Å²) in [5.41, 5.74) is 5.28. The number of nitrogens with zero attached hydrogens (tertiary/aromatic N) is 1. The van der Waals surface area contributed by atoms with Gasteiger partial charge in [-0.3, -0.25) is 4.90 Å². The van der Waals surface area contributed by atoms with Gasteiger partial charge < -0.3 is 14.5 Å². The molecule has 4 heteroatoms. The molecule has 0 spiro atoms. The average Bonchev–Trinajstić information content (AvgIpc) is 3.00. The van der Waals surface area contributed by atoms with Gasteiger partial charge in [-0.1, -0.05) is 23.8 Å². The molecule has 3 fully saturated rings. The Morgan fingerprint density at radius 1 is 1.38 bits per heavy atom. The number of hydrogen-bond donors (Lipinski definition) is 1. The molecule has 124 valence electrons. The maximum Gasteiger partial charge on any atom is 0.142 e. The predicted octanol–water partition coefficient (Wildman–Crippen LogP) is 3.24. The zero-order valence-electron chi connectivity index (χ0n) is 14.1. The standard InChI is InChI=1S/C20H22N2O2/c1-3-11-9-22-16-8-14-12-5-4-6-18(24-2)20(12)21-19(14)17(22)7-13(11)15(16)10-23/h3-6,10,13,15-17,21H,7-9H2,1-2H3/b11-3-/t13-,15-,16+,17?/m1/s1. The summed E-state index contributed by atoms with van der Waals surface area (Å²) in [5.74, 6) is 1.44. The maximum absolute atomic E-state index is 11.8. The van der Waals surface area contributed by atoms with Crippen molar-refractivity contribution in [3.05, 3.63) is 41.1 Å². The molecule has 5 heterocycles. The third-order valence-corrected chi connectivity index (χ3v) is 6.48. The summed E-state index contributed by atoms with van der Waals surface area (Å²) in [4.78, 5) is 18.1. The number of nitrogens with one attached hydrogen (secondary N) is 1. The Balaban J connectivity index is 1.70. The lowest BCUT2D eigenvalue weighted by atomic mass is 9.64. The van der Waals surface area contributed by atoms with Crippen LogP contribution >= 0.6 is 0 Å². The highest BCUT2D eigenvalue weighted by Crippen LogP contribution is 2.53. The molecule has 4 nitrogen and oxygen atoms in total. The summed E-state index contributed by atoms with van der Waals surface area (Å²) in [6.07, 6.45) is 5.43. The quantitative estimate of drug-likeness (QED) is 0.682. The number of piperidine rings is 3. The number of methoxy groups -OCH3 is 1. The second kappa shape index (κ2) is 4.96. The van der Waals surface area contributed by atoms with Crippen molar-refractivity contribution >= 4 is 17.2 Å². The van der Waals surface area contributed by atoms with Crippen LogP contribution in [-0.4, -0.2) is 35.9 Å². The number of aromatic amines is 1. The number of ether oxygens (including phenoxy) is 1. The monoisotopic (exact) mass is 322 g/mol. The molecule has 1 N–H and O–H groups in total. The molecule has 2 unspecified atom stereocenters. The predicted molar refractivity (Wildman–Crippen MR) is 93.2 cm³/mol. The molecule has 6 rings (SSSR count). The number of carbonyl (C=O) groups excluding carboxylic acids is 1. The van der Waals surface area contributed by atoms with Gasteiger partial charge in [-0.2, -0.15) is 0 Å². The van der Waals surface area contributed by atoms with E-state index in [-0.39, 0.29) is 5.92 Å². The lowest BCUT2D eigenvalue weighted by Gasteiger charge is -2.57. The van der Waals surface area contributed by atoms with Crippen LogP contribution in [0.2, 0.25) is 0 Å². The zero-order chi connectivity index (χ0) is 16.4. The maximum atomic E-state index is 11.8. The lowest BCUT2D eigenvalue weighted by molar-refractivity contribution is -0.121. The van der Waals surface area contributed by atoms with E-state index in [1.807, 2.05) is 6.07 Å². The average molecular weight is 322 g/mol. The van der Waals surface area contributed by atoms with E-state index in [2.05, 4.69) is 35.0 Å². The van der Waals surface area contributed by atoms with Crippen LogP contribution in [0.15, 0.2) is 29.8 Å². The molecule has 4 bridgehead atoms. The Labute approximate surface area is 141 Å². The van der Waals surface area contributed by atoms with E-state index in [1.165, 1.54) is 28.5 Å². The number of rotatable bonds is 2. The first-order valence-corrected chi connectivity index (χ1v) is 8.80. The van der Waals surface area contributed by atoms with Crippen molar-refractivity contribution in [2.45, 2.75) is 31.8 Å². The summed E-state index contributed by atoms with van der Waals surface area (Å²) >= 11 is 0. The van der Waals surface area contributed by atoms with E-state index in [0.29, 0.717) is 18.0 Å². The summed E-state index contributed by atoms with van der Waals surface area (Å²) in [6, 6.07) is 6.99. The SMILES string of the molecule is C/C=C1/CN2C3C[C@H]1[C@@H](C=O)[C@@H]2Cc1c3[nH]c2c(OC)cccc12. The lowest BCUT2D eigenvalue weighted by Crippen LogP contribution is -2.60. The van der Waals surface area contributed by atoms with Crippen LogP contribution in [0.1, 0.15) is 30.6 Å². The first kappa shape index (κ1) is 14.3. The van der Waals surface area contributed by atoms with Crippen molar-refractivity contribution < 1.29 is 9.53 Å². The van der Waals surface area contributed by atoms with Gasteiger partial charge in [0.15, 0.2) is 0 Å². The summed E-state index contributed by atoms with van der Waals surface area (Å²) in [5, 5.41) is 1.26. The number of aromatic nitrogens is 1. The third kappa shape index (κ3) is 1.64. The fourth-order valence-corrected chi connectivity index (χ4v) is 5.39. The normalized spacial score (nSPS) is 35.2. The molecule has 0 radical (unpaired) electrons. The number of H-pyrrole nitrogens is 1. The van der Waals surface area contributed by atoms with E-state index in [0.717, 1.165) is 30.7 Å². The van der Waals surface area contributed by atoms with Crippen LogP contribution < -0.4 is 4.74 Å². The number of allylic oxidation sites excluding steroid dienone is 1. The van der Waals surface area contributed by atoms with Gasteiger partial charge in [-0.15, -0.1) is 0 Å². The Morgan fingerprint density at radius 2 is 2.25 bits per heavy atom. The highest BCUT2D eigenvalue weighted by Gasteiger charge is 2.52. The minimum atomic E-state index is 0.130. The van der Waals surface area contributed by atoms with Gasteiger partial charge in [0.2, 0.25) is 0 Å². The fourth-order valence-electron chi connectivity index (χ4n) is 5.39. The first-order chi connectivity index (χ1) is 11.8. The molecule has 24 heavy (non-hydrogen) atoms. The molecule has 0 aliphatic carbocycles. The highest BCUT2D eigenvalue weighted by molar-refractivity contribution is 5.90. The van der Waals surface area contributed by atoms with Crippen LogP contribution in [0.25, 0.3) is 10.9 Å². The van der Waals surface area contributed by atoms with Gasteiger partial charge in [-0.25, -0.2) is 0 Å². The van der Waals surface area contributed by atoms with Gasteiger partial charge in [0.1, 0.15) is 12.0 Å². The van der Waals surface area contributed by atoms with Gasteiger partial charge >= 0.3 is 0 Å². The number of benzene rings is 1. The summed E-state index contributed by atoms with van der Waals surface area (Å²) in [7, 11) is 1.72. The van der Waals surface area contributed by atoms with E-state index in [4.69, 9.17) is 4.74 Å². The molecular weight excluding hydrogens is 300 g/mol. The molecular formula is C20H22N2O2. The van der Waals surface area contributed by atoms with Crippen LogP contribution in [0.4, 0.5) is 0 Å². The largest absolute Gasteiger partial charge is 0.495 e. The number of carbonyl (C=O) groups is 1. The van der Waals surface area contributed by atoms with Gasteiger partial charge in [-0.05, 0) is 37.3 Å². The second-order valence-electron chi connectivity index (χ2n) is 7.28. The molecule has 1 aromatic carbocycles. The molecule has 2 aromatic rings. The molecule has 1 aromatic heterocycles. The minimum absolute atomic E-state index is 0.130. The van der Waals surface area contributed by atoms with Gasteiger partial charge in [0.25, 0.3) is 0 Å². The smallest absolute Gasteiger partial charge is 0.142 e. The van der Waals surface area contributed by atoms with Crippen molar-refractivity contribution in [2.75, 3.05) is 13.7 Å². The van der Waals surface area contributed by atoms with Crippen molar-refractivity contribution in [2.24, 2.45) is 11.8 Å². The van der Waals surface area contributed by atoms with E-state index < -0.39 is 0 Å². The minimum Gasteiger partial charge on any atom is -0.495 e.